The summed E-state index contributed by atoms with van der Waals surface area (Å²) in [6.07, 6.45) is 4.75. The number of rotatable bonds is 6. The normalized spacial score (nSPS) is 10.9. The first-order valence-electron chi connectivity index (χ1n) is 7.14. The van der Waals surface area contributed by atoms with Gasteiger partial charge in [0, 0.05) is 38.3 Å². The number of fused-ring (bicyclic) bond motifs is 1. The first kappa shape index (κ1) is 13.6. The minimum atomic E-state index is 0.754. The predicted octanol–water partition coefficient (Wildman–Crippen LogP) is 3.47. The van der Waals surface area contributed by atoms with Crippen molar-refractivity contribution in [2.75, 3.05) is 25.6 Å². The van der Waals surface area contributed by atoms with E-state index in [9.17, 15) is 0 Å². The first-order chi connectivity index (χ1) is 10.4. The van der Waals surface area contributed by atoms with E-state index in [1.54, 1.807) is 7.11 Å². The summed E-state index contributed by atoms with van der Waals surface area (Å²) >= 11 is 0. The second-order valence-electron chi connectivity index (χ2n) is 4.93. The quantitative estimate of drug-likeness (QED) is 0.703. The highest BCUT2D eigenvalue weighted by atomic mass is 16.5. The Kier molecular flexibility index (Phi) is 4.17. The summed E-state index contributed by atoms with van der Waals surface area (Å²) in [5.74, 6) is 0.862. The van der Waals surface area contributed by atoms with Crippen molar-refractivity contribution < 1.29 is 4.74 Å². The average molecular weight is 281 g/mol. The second kappa shape index (κ2) is 6.41. The summed E-state index contributed by atoms with van der Waals surface area (Å²) in [5.41, 5.74) is 1.11. The lowest BCUT2D eigenvalue weighted by molar-refractivity contribution is 0.197. The molecular formula is C17H19N3O. The summed E-state index contributed by atoms with van der Waals surface area (Å²) in [6.45, 7) is 1.60. The molecule has 0 aliphatic rings. The van der Waals surface area contributed by atoms with E-state index >= 15 is 0 Å². The van der Waals surface area contributed by atoms with Gasteiger partial charge < -0.3 is 10.1 Å². The molecule has 0 aliphatic carbocycles. The van der Waals surface area contributed by atoms with Gasteiger partial charge in [0.05, 0.1) is 0 Å². The molecule has 21 heavy (non-hydrogen) atoms. The van der Waals surface area contributed by atoms with Crippen LogP contribution in [-0.2, 0) is 4.74 Å². The molecule has 108 valence electrons. The number of hydrogen-bond acceptors (Lipinski definition) is 3. The van der Waals surface area contributed by atoms with Gasteiger partial charge in [0.15, 0.2) is 0 Å². The number of anilines is 1. The number of nitrogens with zero attached hydrogens (tertiary/aromatic N) is 2. The van der Waals surface area contributed by atoms with Gasteiger partial charge in [0.25, 0.3) is 0 Å². The zero-order chi connectivity index (χ0) is 14.5. The fourth-order valence-corrected chi connectivity index (χ4v) is 2.39. The highest BCUT2D eigenvalue weighted by molar-refractivity contribution is 5.84. The van der Waals surface area contributed by atoms with Crippen molar-refractivity contribution >= 4 is 16.7 Å². The highest BCUT2D eigenvalue weighted by Gasteiger charge is 2.05. The van der Waals surface area contributed by atoms with Crippen molar-refractivity contribution in [3.05, 3.63) is 54.9 Å². The minimum Gasteiger partial charge on any atom is -0.385 e. The molecule has 0 spiro atoms. The van der Waals surface area contributed by atoms with Gasteiger partial charge in [-0.2, -0.15) is 0 Å². The Hall–Kier alpha value is -2.33. The zero-order valence-electron chi connectivity index (χ0n) is 12.1. The van der Waals surface area contributed by atoms with E-state index in [-0.39, 0.29) is 0 Å². The molecule has 3 aromatic rings. The largest absolute Gasteiger partial charge is 0.385 e. The lowest BCUT2D eigenvalue weighted by Crippen LogP contribution is -2.09. The number of nitrogens with one attached hydrogen (secondary N) is 1. The second-order valence-corrected chi connectivity index (χ2v) is 4.93. The number of methoxy groups -OCH3 is 1. The number of aromatic nitrogens is 2. The monoisotopic (exact) mass is 281 g/mol. The fourth-order valence-electron chi connectivity index (χ4n) is 2.39. The summed E-state index contributed by atoms with van der Waals surface area (Å²) in [4.78, 5) is 4.38. The van der Waals surface area contributed by atoms with Crippen molar-refractivity contribution in [3.8, 4) is 5.69 Å². The van der Waals surface area contributed by atoms with E-state index in [4.69, 9.17) is 4.74 Å². The fraction of sp³-hybridized carbons (Fsp3) is 0.235. The Balaban J connectivity index is 1.83. The van der Waals surface area contributed by atoms with Crippen LogP contribution < -0.4 is 5.32 Å². The molecule has 1 N–H and O–H groups in total. The Labute approximate surface area is 124 Å². The third-order valence-electron chi connectivity index (χ3n) is 3.46. The van der Waals surface area contributed by atoms with Crippen LogP contribution >= 0.6 is 0 Å². The molecule has 0 aliphatic heterocycles. The Bertz CT molecular complexity index is 721. The molecule has 0 radical (unpaired) electrons. The molecular weight excluding hydrogens is 262 g/mol. The summed E-state index contributed by atoms with van der Waals surface area (Å²) < 4.78 is 7.13. The SMILES string of the molecule is COCCCNc1nccn1-c1ccc2ccccc2c1. The number of ether oxygens (including phenoxy) is 1. The Morgan fingerprint density at radius 1 is 1.14 bits per heavy atom. The van der Waals surface area contributed by atoms with E-state index < -0.39 is 0 Å². The van der Waals surface area contributed by atoms with Gasteiger partial charge in [-0.05, 0) is 29.3 Å². The average Bonchev–Trinajstić information content (AvgIpc) is 2.99. The van der Waals surface area contributed by atoms with Crippen molar-refractivity contribution in [1.29, 1.82) is 0 Å². The first-order valence-corrected chi connectivity index (χ1v) is 7.14. The van der Waals surface area contributed by atoms with Gasteiger partial charge in [-0.25, -0.2) is 4.98 Å². The lowest BCUT2D eigenvalue weighted by atomic mass is 10.1. The molecule has 0 atom stereocenters. The standard InChI is InChI=1S/C17H19N3O/c1-21-12-4-9-18-17-19-10-11-20(17)16-8-7-14-5-2-3-6-15(14)13-16/h2-3,5-8,10-11,13H,4,9,12H2,1H3,(H,18,19). The zero-order valence-corrected chi connectivity index (χ0v) is 12.1. The van der Waals surface area contributed by atoms with E-state index in [2.05, 4.69) is 57.3 Å². The molecule has 0 bridgehead atoms. The highest BCUT2D eigenvalue weighted by Crippen LogP contribution is 2.20. The van der Waals surface area contributed by atoms with Crippen molar-refractivity contribution in [1.82, 2.24) is 9.55 Å². The maximum Gasteiger partial charge on any atom is 0.207 e. The molecule has 0 fully saturated rings. The van der Waals surface area contributed by atoms with Gasteiger partial charge in [-0.1, -0.05) is 30.3 Å². The van der Waals surface area contributed by atoms with Crippen molar-refractivity contribution in [2.45, 2.75) is 6.42 Å². The smallest absolute Gasteiger partial charge is 0.207 e. The van der Waals surface area contributed by atoms with Crippen LogP contribution in [0.5, 0.6) is 0 Å². The number of benzene rings is 2. The molecule has 1 heterocycles. The van der Waals surface area contributed by atoms with Crippen LogP contribution in [0.4, 0.5) is 5.95 Å². The minimum absolute atomic E-state index is 0.754. The molecule has 2 aromatic carbocycles. The van der Waals surface area contributed by atoms with E-state index in [0.717, 1.165) is 31.2 Å². The molecule has 0 unspecified atom stereocenters. The maximum absolute atomic E-state index is 5.06. The number of imidazole rings is 1. The van der Waals surface area contributed by atoms with Gasteiger partial charge in [-0.3, -0.25) is 4.57 Å². The molecule has 4 heteroatoms. The van der Waals surface area contributed by atoms with Crippen molar-refractivity contribution in [3.63, 3.8) is 0 Å². The van der Waals surface area contributed by atoms with Gasteiger partial charge in [-0.15, -0.1) is 0 Å². The van der Waals surface area contributed by atoms with Crippen LogP contribution in [0.3, 0.4) is 0 Å². The summed E-state index contributed by atoms with van der Waals surface area (Å²) in [6, 6.07) is 14.8. The van der Waals surface area contributed by atoms with Crippen LogP contribution in [0, 0.1) is 0 Å². The van der Waals surface area contributed by atoms with E-state index in [1.165, 1.54) is 10.8 Å². The maximum atomic E-state index is 5.06. The number of hydrogen-bond donors (Lipinski definition) is 1. The third-order valence-corrected chi connectivity index (χ3v) is 3.46. The van der Waals surface area contributed by atoms with Crippen LogP contribution in [0.15, 0.2) is 54.9 Å². The van der Waals surface area contributed by atoms with Gasteiger partial charge >= 0.3 is 0 Å². The molecule has 1 aromatic heterocycles. The van der Waals surface area contributed by atoms with Crippen molar-refractivity contribution in [2.24, 2.45) is 0 Å². The third kappa shape index (κ3) is 3.06. The van der Waals surface area contributed by atoms with Crippen LogP contribution in [-0.4, -0.2) is 29.8 Å². The molecule has 4 nitrogen and oxygen atoms in total. The molecule has 0 saturated heterocycles. The van der Waals surface area contributed by atoms with E-state index in [1.807, 2.05) is 12.4 Å². The molecule has 0 saturated carbocycles. The van der Waals surface area contributed by atoms with Crippen LogP contribution in [0.1, 0.15) is 6.42 Å². The van der Waals surface area contributed by atoms with Crippen LogP contribution in [0.25, 0.3) is 16.5 Å². The van der Waals surface area contributed by atoms with Gasteiger partial charge in [0.1, 0.15) is 0 Å². The lowest BCUT2D eigenvalue weighted by Gasteiger charge is -2.10. The molecule has 0 amide bonds. The Morgan fingerprint density at radius 3 is 2.86 bits per heavy atom. The Morgan fingerprint density at radius 2 is 2.00 bits per heavy atom. The summed E-state index contributed by atoms with van der Waals surface area (Å²) in [7, 11) is 1.72. The molecule has 3 rings (SSSR count). The topological polar surface area (TPSA) is 39.1 Å². The van der Waals surface area contributed by atoms with E-state index in [0.29, 0.717) is 0 Å². The van der Waals surface area contributed by atoms with Crippen LogP contribution in [0.2, 0.25) is 0 Å². The van der Waals surface area contributed by atoms with Gasteiger partial charge in [0.2, 0.25) is 5.95 Å². The summed E-state index contributed by atoms with van der Waals surface area (Å²) in [5, 5.41) is 5.82. The predicted molar refractivity (Wildman–Crippen MR) is 86.1 cm³/mol.